The number of aliphatic hydroxyl groups is 1. The lowest BCUT2D eigenvalue weighted by Gasteiger charge is -2.24. The van der Waals surface area contributed by atoms with E-state index in [1.807, 2.05) is 0 Å². The van der Waals surface area contributed by atoms with Crippen LogP contribution in [0.15, 0.2) is 0 Å². The molecule has 0 saturated carbocycles. The van der Waals surface area contributed by atoms with Crippen LogP contribution in [0.1, 0.15) is 26.2 Å². The molecule has 0 aromatic heterocycles. The molecule has 0 aliphatic carbocycles. The third kappa shape index (κ3) is 3.59. The summed E-state index contributed by atoms with van der Waals surface area (Å²) in [5, 5.41) is 20.5. The SMILES string of the molecule is CCC(CNC(=O)N1CCCC1CO)C(=O)O. The van der Waals surface area contributed by atoms with Gasteiger partial charge in [0.05, 0.1) is 18.6 Å². The van der Waals surface area contributed by atoms with E-state index in [-0.39, 0.29) is 25.2 Å². The van der Waals surface area contributed by atoms with Crippen molar-refractivity contribution in [1.29, 1.82) is 0 Å². The molecule has 1 saturated heterocycles. The molecule has 98 valence electrons. The third-order valence-electron chi connectivity index (χ3n) is 3.19. The van der Waals surface area contributed by atoms with E-state index in [9.17, 15) is 9.59 Å². The Morgan fingerprint density at radius 2 is 2.24 bits per heavy atom. The van der Waals surface area contributed by atoms with Crippen LogP contribution >= 0.6 is 0 Å². The summed E-state index contributed by atoms with van der Waals surface area (Å²) in [7, 11) is 0. The van der Waals surface area contributed by atoms with Crippen molar-refractivity contribution >= 4 is 12.0 Å². The first-order chi connectivity index (χ1) is 8.10. The fourth-order valence-electron chi connectivity index (χ4n) is 2.01. The molecule has 6 heteroatoms. The van der Waals surface area contributed by atoms with Crippen LogP contribution in [0.4, 0.5) is 4.79 Å². The molecule has 0 spiro atoms. The number of hydrogen-bond donors (Lipinski definition) is 3. The number of nitrogens with zero attached hydrogens (tertiary/aromatic N) is 1. The monoisotopic (exact) mass is 244 g/mol. The molecule has 6 nitrogen and oxygen atoms in total. The molecule has 17 heavy (non-hydrogen) atoms. The number of likely N-dealkylation sites (tertiary alicyclic amines) is 1. The van der Waals surface area contributed by atoms with Crippen LogP contribution in [0.5, 0.6) is 0 Å². The zero-order chi connectivity index (χ0) is 12.8. The third-order valence-corrected chi connectivity index (χ3v) is 3.19. The molecular weight excluding hydrogens is 224 g/mol. The van der Waals surface area contributed by atoms with Crippen molar-refractivity contribution in [3.05, 3.63) is 0 Å². The number of carbonyl (C=O) groups is 2. The Labute approximate surface area is 101 Å². The van der Waals surface area contributed by atoms with Crippen LogP contribution in [-0.4, -0.2) is 52.9 Å². The van der Waals surface area contributed by atoms with Crippen molar-refractivity contribution in [2.45, 2.75) is 32.2 Å². The van der Waals surface area contributed by atoms with E-state index in [4.69, 9.17) is 10.2 Å². The van der Waals surface area contributed by atoms with E-state index in [1.165, 1.54) is 0 Å². The van der Waals surface area contributed by atoms with Gasteiger partial charge in [0, 0.05) is 13.1 Å². The second kappa shape index (κ2) is 6.44. The highest BCUT2D eigenvalue weighted by Gasteiger charge is 2.28. The van der Waals surface area contributed by atoms with Crippen LogP contribution in [0.2, 0.25) is 0 Å². The van der Waals surface area contributed by atoms with Gasteiger partial charge in [0.1, 0.15) is 0 Å². The molecule has 0 aromatic rings. The van der Waals surface area contributed by atoms with Crippen molar-refractivity contribution in [2.24, 2.45) is 5.92 Å². The van der Waals surface area contributed by atoms with Crippen LogP contribution in [0.3, 0.4) is 0 Å². The first-order valence-corrected chi connectivity index (χ1v) is 5.98. The quantitative estimate of drug-likeness (QED) is 0.647. The summed E-state index contributed by atoms with van der Waals surface area (Å²) in [5.41, 5.74) is 0. The number of carboxylic acid groups (broad SMARTS) is 1. The molecule has 2 amide bonds. The van der Waals surface area contributed by atoms with Crippen molar-refractivity contribution in [3.63, 3.8) is 0 Å². The predicted octanol–water partition coefficient (Wildman–Crippen LogP) is 0.263. The summed E-state index contributed by atoms with van der Waals surface area (Å²) < 4.78 is 0. The van der Waals surface area contributed by atoms with E-state index in [1.54, 1.807) is 11.8 Å². The number of rotatable bonds is 5. The molecule has 3 N–H and O–H groups in total. The molecule has 2 unspecified atom stereocenters. The van der Waals surface area contributed by atoms with Crippen molar-refractivity contribution < 1.29 is 19.8 Å². The van der Waals surface area contributed by atoms with Gasteiger partial charge in [0.25, 0.3) is 0 Å². The van der Waals surface area contributed by atoms with Crippen molar-refractivity contribution in [2.75, 3.05) is 19.7 Å². The molecule has 1 aliphatic rings. The minimum Gasteiger partial charge on any atom is -0.481 e. The molecule has 0 bridgehead atoms. The Bertz CT molecular complexity index is 283. The summed E-state index contributed by atoms with van der Waals surface area (Å²) in [6, 6.07) is -0.402. The zero-order valence-corrected chi connectivity index (χ0v) is 10.1. The minimum absolute atomic E-state index is 0.0381. The number of aliphatic hydroxyl groups excluding tert-OH is 1. The lowest BCUT2D eigenvalue weighted by Crippen LogP contribution is -2.46. The maximum atomic E-state index is 11.8. The summed E-state index contributed by atoms with van der Waals surface area (Å²) in [6.07, 6.45) is 2.17. The van der Waals surface area contributed by atoms with Crippen LogP contribution in [0.25, 0.3) is 0 Å². The van der Waals surface area contributed by atoms with E-state index in [0.717, 1.165) is 12.8 Å². The van der Waals surface area contributed by atoms with E-state index >= 15 is 0 Å². The van der Waals surface area contributed by atoms with Gasteiger partial charge in [-0.2, -0.15) is 0 Å². The summed E-state index contributed by atoms with van der Waals surface area (Å²) in [4.78, 5) is 24.1. The number of carbonyl (C=O) groups excluding carboxylic acids is 1. The Morgan fingerprint density at radius 1 is 1.53 bits per heavy atom. The number of amides is 2. The lowest BCUT2D eigenvalue weighted by molar-refractivity contribution is -0.141. The average Bonchev–Trinajstić information content (AvgIpc) is 2.77. The molecule has 2 atom stereocenters. The van der Waals surface area contributed by atoms with E-state index in [0.29, 0.717) is 13.0 Å². The maximum Gasteiger partial charge on any atom is 0.317 e. The van der Waals surface area contributed by atoms with E-state index < -0.39 is 11.9 Å². The molecular formula is C11H20N2O4. The lowest BCUT2D eigenvalue weighted by atomic mass is 10.1. The van der Waals surface area contributed by atoms with Gasteiger partial charge in [0.15, 0.2) is 0 Å². The van der Waals surface area contributed by atoms with Gasteiger partial charge in [-0.05, 0) is 19.3 Å². The predicted molar refractivity (Wildman–Crippen MR) is 61.6 cm³/mol. The Balaban J connectivity index is 2.41. The largest absolute Gasteiger partial charge is 0.481 e. The minimum atomic E-state index is -0.895. The molecule has 1 rings (SSSR count). The molecule has 1 heterocycles. The fraction of sp³-hybridized carbons (Fsp3) is 0.818. The molecule has 1 fully saturated rings. The summed E-state index contributed by atoms with van der Waals surface area (Å²) in [5.74, 6) is -1.44. The van der Waals surface area contributed by atoms with Gasteiger partial charge >= 0.3 is 12.0 Å². The van der Waals surface area contributed by atoms with Gasteiger partial charge in [0.2, 0.25) is 0 Å². The average molecular weight is 244 g/mol. The molecule has 0 radical (unpaired) electrons. The van der Waals surface area contributed by atoms with Gasteiger partial charge in [-0.1, -0.05) is 6.92 Å². The van der Waals surface area contributed by atoms with Gasteiger partial charge in [-0.25, -0.2) is 4.79 Å². The standard InChI is InChI=1S/C11H20N2O4/c1-2-8(10(15)16)6-12-11(17)13-5-3-4-9(13)7-14/h8-9,14H,2-7H2,1H3,(H,12,17)(H,15,16). The normalized spacial score (nSPS) is 21.3. The molecule has 0 aromatic carbocycles. The van der Waals surface area contributed by atoms with Gasteiger partial charge in [-0.15, -0.1) is 0 Å². The summed E-state index contributed by atoms with van der Waals surface area (Å²) in [6.45, 7) is 2.50. The van der Waals surface area contributed by atoms with Crippen LogP contribution < -0.4 is 5.32 Å². The highest BCUT2D eigenvalue weighted by Crippen LogP contribution is 2.16. The van der Waals surface area contributed by atoms with Gasteiger partial charge < -0.3 is 20.4 Å². The second-order valence-electron chi connectivity index (χ2n) is 4.30. The number of carboxylic acids is 1. The number of nitrogens with one attached hydrogen (secondary N) is 1. The topological polar surface area (TPSA) is 89.9 Å². The van der Waals surface area contributed by atoms with Crippen LogP contribution in [-0.2, 0) is 4.79 Å². The van der Waals surface area contributed by atoms with Crippen molar-refractivity contribution in [3.8, 4) is 0 Å². The second-order valence-corrected chi connectivity index (χ2v) is 4.30. The van der Waals surface area contributed by atoms with Gasteiger partial charge in [-0.3, -0.25) is 4.79 Å². The highest BCUT2D eigenvalue weighted by molar-refractivity contribution is 5.76. The first-order valence-electron chi connectivity index (χ1n) is 5.98. The van der Waals surface area contributed by atoms with Crippen molar-refractivity contribution in [1.82, 2.24) is 10.2 Å². The zero-order valence-electron chi connectivity index (χ0n) is 10.1. The van der Waals surface area contributed by atoms with Crippen LogP contribution in [0, 0.1) is 5.92 Å². The number of hydrogen-bond acceptors (Lipinski definition) is 3. The first kappa shape index (κ1) is 13.8. The maximum absolute atomic E-state index is 11.8. The molecule has 1 aliphatic heterocycles. The number of urea groups is 1. The Morgan fingerprint density at radius 3 is 2.76 bits per heavy atom. The fourth-order valence-corrected chi connectivity index (χ4v) is 2.01. The highest BCUT2D eigenvalue weighted by atomic mass is 16.4. The van der Waals surface area contributed by atoms with E-state index in [2.05, 4.69) is 5.32 Å². The Hall–Kier alpha value is -1.30. The smallest absolute Gasteiger partial charge is 0.317 e. The Kier molecular flexibility index (Phi) is 5.21. The number of aliphatic carboxylic acids is 1. The summed E-state index contributed by atoms with van der Waals surface area (Å²) >= 11 is 0.